The summed E-state index contributed by atoms with van der Waals surface area (Å²) in [5.41, 5.74) is 8.24. The summed E-state index contributed by atoms with van der Waals surface area (Å²) in [6.45, 7) is 6.79. The van der Waals surface area contributed by atoms with Crippen LogP contribution in [-0.4, -0.2) is 16.6 Å². The number of rotatable bonds is 3. The van der Waals surface area contributed by atoms with E-state index in [1.54, 1.807) is 0 Å². The van der Waals surface area contributed by atoms with Crippen molar-refractivity contribution >= 4 is 17.7 Å². The van der Waals surface area contributed by atoms with Gasteiger partial charge in [-0.2, -0.15) is 5.26 Å². The van der Waals surface area contributed by atoms with E-state index in [1.807, 2.05) is 6.07 Å². The average molecular weight is 303 g/mol. The Morgan fingerprint density at radius 2 is 2.29 bits per heavy atom. The minimum atomic E-state index is -0.392. The highest BCUT2D eigenvalue weighted by Gasteiger charge is 2.30. The molecule has 1 aliphatic carbocycles. The van der Waals surface area contributed by atoms with E-state index in [4.69, 9.17) is 5.73 Å². The molecule has 0 saturated heterocycles. The van der Waals surface area contributed by atoms with Gasteiger partial charge in [0.05, 0.1) is 11.3 Å². The standard InChI is InChI=1S/C16H21N3OS/c1-16(2,3)12-4-5-13-10(7-12)6-11(8-17)15(19-13)21-9-14(18)20/h6,12H,4-5,7,9H2,1-3H3,(H2,18,20). The van der Waals surface area contributed by atoms with Crippen LogP contribution in [0.3, 0.4) is 0 Å². The van der Waals surface area contributed by atoms with Gasteiger partial charge in [0.2, 0.25) is 5.91 Å². The van der Waals surface area contributed by atoms with E-state index in [1.165, 1.54) is 17.3 Å². The van der Waals surface area contributed by atoms with Crippen LogP contribution in [0.4, 0.5) is 0 Å². The molecule has 2 N–H and O–H groups in total. The zero-order valence-corrected chi connectivity index (χ0v) is 13.6. The van der Waals surface area contributed by atoms with Crippen LogP contribution in [0.2, 0.25) is 0 Å². The summed E-state index contributed by atoms with van der Waals surface area (Å²) < 4.78 is 0. The van der Waals surface area contributed by atoms with Gasteiger partial charge in [0, 0.05) is 5.69 Å². The third kappa shape index (κ3) is 3.76. The average Bonchev–Trinajstić information content (AvgIpc) is 2.42. The van der Waals surface area contributed by atoms with Crippen molar-refractivity contribution in [1.82, 2.24) is 4.98 Å². The van der Waals surface area contributed by atoms with Crippen LogP contribution in [-0.2, 0) is 17.6 Å². The lowest BCUT2D eigenvalue weighted by molar-refractivity contribution is -0.115. The quantitative estimate of drug-likeness (QED) is 0.871. The van der Waals surface area contributed by atoms with E-state index in [0.717, 1.165) is 25.0 Å². The summed E-state index contributed by atoms with van der Waals surface area (Å²) >= 11 is 1.25. The number of fused-ring (bicyclic) bond motifs is 1. The molecule has 112 valence electrons. The first-order valence-corrected chi connectivity index (χ1v) is 8.14. The maximum atomic E-state index is 10.9. The monoisotopic (exact) mass is 303 g/mol. The molecule has 1 atom stereocenters. The Morgan fingerprint density at radius 3 is 2.86 bits per heavy atom. The molecule has 0 spiro atoms. The second kappa shape index (κ2) is 6.07. The summed E-state index contributed by atoms with van der Waals surface area (Å²) in [6.07, 6.45) is 3.03. The van der Waals surface area contributed by atoms with E-state index in [9.17, 15) is 10.1 Å². The van der Waals surface area contributed by atoms with Gasteiger partial charge in [0.1, 0.15) is 11.1 Å². The molecule has 1 heterocycles. The van der Waals surface area contributed by atoms with Crippen molar-refractivity contribution in [2.75, 3.05) is 5.75 Å². The fraction of sp³-hybridized carbons (Fsp3) is 0.562. The van der Waals surface area contributed by atoms with E-state index < -0.39 is 5.91 Å². The molecule has 0 radical (unpaired) electrons. The molecular weight excluding hydrogens is 282 g/mol. The van der Waals surface area contributed by atoms with Gasteiger partial charge in [0.25, 0.3) is 0 Å². The third-order valence-corrected chi connectivity index (χ3v) is 5.06. The van der Waals surface area contributed by atoms with Gasteiger partial charge in [0.15, 0.2) is 0 Å². The van der Waals surface area contributed by atoms with Gasteiger partial charge >= 0.3 is 0 Å². The number of carbonyl (C=O) groups excluding carboxylic acids is 1. The Morgan fingerprint density at radius 1 is 1.57 bits per heavy atom. The SMILES string of the molecule is CC(C)(C)C1CCc2nc(SCC(N)=O)c(C#N)cc2C1. The number of amides is 1. The number of nitrogens with two attached hydrogens (primary N) is 1. The summed E-state index contributed by atoms with van der Waals surface area (Å²) in [7, 11) is 0. The molecule has 2 rings (SSSR count). The normalized spacial score (nSPS) is 17.9. The molecule has 1 amide bonds. The van der Waals surface area contributed by atoms with Crippen molar-refractivity contribution in [3.8, 4) is 6.07 Å². The van der Waals surface area contributed by atoms with Crippen LogP contribution < -0.4 is 5.73 Å². The number of hydrogen-bond donors (Lipinski definition) is 1. The number of pyridine rings is 1. The first kappa shape index (κ1) is 15.8. The molecule has 0 bridgehead atoms. The zero-order valence-electron chi connectivity index (χ0n) is 12.8. The lowest BCUT2D eigenvalue weighted by Gasteiger charge is -2.34. The summed E-state index contributed by atoms with van der Waals surface area (Å²) in [4.78, 5) is 15.5. The minimum absolute atomic E-state index is 0.158. The fourth-order valence-electron chi connectivity index (χ4n) is 2.71. The van der Waals surface area contributed by atoms with Crippen LogP contribution in [0.5, 0.6) is 0 Å². The number of nitriles is 1. The van der Waals surface area contributed by atoms with Crippen molar-refractivity contribution in [2.45, 2.75) is 45.1 Å². The van der Waals surface area contributed by atoms with Crippen LogP contribution in [0.15, 0.2) is 11.1 Å². The molecule has 1 aromatic heterocycles. The Balaban J connectivity index is 2.28. The number of primary amides is 1. The van der Waals surface area contributed by atoms with Crippen molar-refractivity contribution in [3.05, 3.63) is 22.9 Å². The molecule has 1 aliphatic rings. The molecule has 0 aliphatic heterocycles. The van der Waals surface area contributed by atoms with Crippen molar-refractivity contribution in [3.63, 3.8) is 0 Å². The minimum Gasteiger partial charge on any atom is -0.369 e. The molecule has 1 unspecified atom stereocenters. The van der Waals surface area contributed by atoms with E-state index in [2.05, 4.69) is 31.8 Å². The molecule has 0 saturated carbocycles. The van der Waals surface area contributed by atoms with E-state index in [0.29, 0.717) is 16.5 Å². The molecule has 1 aromatic rings. The molecule has 4 nitrogen and oxygen atoms in total. The summed E-state index contributed by atoms with van der Waals surface area (Å²) in [5, 5.41) is 9.92. The molecule has 5 heteroatoms. The van der Waals surface area contributed by atoms with Crippen LogP contribution in [0, 0.1) is 22.7 Å². The van der Waals surface area contributed by atoms with Crippen molar-refractivity contribution < 1.29 is 4.79 Å². The molecule has 21 heavy (non-hydrogen) atoms. The first-order valence-electron chi connectivity index (χ1n) is 7.15. The van der Waals surface area contributed by atoms with Crippen molar-refractivity contribution in [1.29, 1.82) is 5.26 Å². The molecule has 0 fully saturated rings. The number of thioether (sulfide) groups is 1. The lowest BCUT2D eigenvalue weighted by atomic mass is 9.71. The van der Waals surface area contributed by atoms with Gasteiger partial charge in [-0.25, -0.2) is 4.98 Å². The van der Waals surface area contributed by atoms with E-state index in [-0.39, 0.29) is 11.2 Å². The highest BCUT2D eigenvalue weighted by Crippen LogP contribution is 2.37. The number of hydrogen-bond acceptors (Lipinski definition) is 4. The lowest BCUT2D eigenvalue weighted by Crippen LogP contribution is -2.27. The predicted molar refractivity (Wildman–Crippen MR) is 83.8 cm³/mol. The highest BCUT2D eigenvalue weighted by molar-refractivity contribution is 7.99. The van der Waals surface area contributed by atoms with Gasteiger partial charge in [-0.05, 0) is 42.2 Å². The fourth-order valence-corrected chi connectivity index (χ4v) is 3.43. The van der Waals surface area contributed by atoms with Gasteiger partial charge < -0.3 is 5.73 Å². The maximum Gasteiger partial charge on any atom is 0.227 e. The second-order valence-corrected chi connectivity index (χ2v) is 7.58. The van der Waals surface area contributed by atoms with Crippen LogP contribution in [0.25, 0.3) is 0 Å². The summed E-state index contributed by atoms with van der Waals surface area (Å²) in [6, 6.07) is 4.14. The maximum absolute atomic E-state index is 10.9. The van der Waals surface area contributed by atoms with Gasteiger partial charge in [-0.1, -0.05) is 32.5 Å². The Bertz CT molecular complexity index is 599. The Labute approximate surface area is 130 Å². The smallest absolute Gasteiger partial charge is 0.227 e. The van der Waals surface area contributed by atoms with Crippen molar-refractivity contribution in [2.24, 2.45) is 17.1 Å². The largest absolute Gasteiger partial charge is 0.369 e. The first-order chi connectivity index (χ1) is 9.81. The van der Waals surface area contributed by atoms with Gasteiger partial charge in [-0.15, -0.1) is 0 Å². The zero-order chi connectivity index (χ0) is 15.6. The highest BCUT2D eigenvalue weighted by atomic mass is 32.2. The molecular formula is C16H21N3OS. The number of aryl methyl sites for hydroxylation is 1. The predicted octanol–water partition coefficient (Wildman–Crippen LogP) is 2.68. The summed E-state index contributed by atoms with van der Waals surface area (Å²) in [5.74, 6) is 0.379. The number of aromatic nitrogens is 1. The van der Waals surface area contributed by atoms with E-state index >= 15 is 0 Å². The van der Waals surface area contributed by atoms with Crippen LogP contribution >= 0.6 is 11.8 Å². The Kier molecular flexibility index (Phi) is 4.58. The Hall–Kier alpha value is -1.54. The van der Waals surface area contributed by atoms with Gasteiger partial charge in [-0.3, -0.25) is 4.79 Å². The molecule has 0 aromatic carbocycles. The van der Waals surface area contributed by atoms with Crippen LogP contribution in [0.1, 0.15) is 44.0 Å². The number of nitrogens with zero attached hydrogens (tertiary/aromatic N) is 2. The number of carbonyl (C=O) groups is 1. The third-order valence-electron chi connectivity index (χ3n) is 4.05. The topological polar surface area (TPSA) is 79.8 Å². The second-order valence-electron chi connectivity index (χ2n) is 6.62.